The van der Waals surface area contributed by atoms with Gasteiger partial charge in [-0.25, -0.2) is 0 Å². The number of aromatic nitrogens is 4. The quantitative estimate of drug-likeness (QED) is 0.307. The van der Waals surface area contributed by atoms with Crippen molar-refractivity contribution >= 4 is 23.2 Å². The van der Waals surface area contributed by atoms with Gasteiger partial charge < -0.3 is 19.9 Å². The average molecular weight is 452 g/mol. The minimum atomic E-state index is -0.493. The van der Waals surface area contributed by atoms with Crippen LogP contribution in [0.5, 0.6) is 0 Å². The molecule has 1 amide bonds. The first-order valence-electron chi connectivity index (χ1n) is 10.5. The number of rotatable bonds is 8. The molecular weight excluding hydrogens is 428 g/mol. The van der Waals surface area contributed by atoms with Crippen molar-refractivity contribution in [3.63, 3.8) is 0 Å². The number of anilines is 2. The number of carbonyl (C=O) groups is 1. The van der Waals surface area contributed by atoms with E-state index in [2.05, 4.69) is 20.8 Å². The zero-order valence-corrected chi connectivity index (χ0v) is 18.1. The number of nitrogens with one attached hydrogen (secondary N) is 1. The Morgan fingerprint density at radius 3 is 2.61 bits per heavy atom. The zero-order valence-electron chi connectivity index (χ0n) is 18.1. The zero-order chi connectivity index (χ0) is 23.2. The Labute approximate surface area is 189 Å². The van der Waals surface area contributed by atoms with Crippen LogP contribution in [-0.4, -0.2) is 82.4 Å². The number of hydrogen-bond acceptors (Lipinski definition) is 9. The molecule has 0 radical (unpaired) electrons. The van der Waals surface area contributed by atoms with Crippen LogP contribution in [0.15, 0.2) is 48.5 Å². The molecule has 1 N–H and O–H groups in total. The highest BCUT2D eigenvalue weighted by molar-refractivity contribution is 5.96. The molecule has 0 unspecified atom stereocenters. The molecule has 12 heteroatoms. The number of nitro benzene ring substituents is 1. The van der Waals surface area contributed by atoms with Crippen LogP contribution in [-0.2, 0) is 4.74 Å². The lowest BCUT2D eigenvalue weighted by molar-refractivity contribution is -0.384. The number of methoxy groups -OCH3 is 1. The number of para-hydroxylation sites is 1. The molecule has 1 aliphatic heterocycles. The van der Waals surface area contributed by atoms with Crippen LogP contribution in [0, 0.1) is 10.1 Å². The van der Waals surface area contributed by atoms with Crippen molar-refractivity contribution in [3.8, 4) is 5.69 Å². The summed E-state index contributed by atoms with van der Waals surface area (Å²) in [6, 6.07) is 14.1. The molecule has 1 fully saturated rings. The Kier molecular flexibility index (Phi) is 6.74. The number of nitrogens with zero attached hydrogens (tertiary/aromatic N) is 7. The van der Waals surface area contributed by atoms with Crippen molar-refractivity contribution in [1.82, 2.24) is 25.1 Å². The lowest BCUT2D eigenvalue weighted by atomic mass is 10.1. The van der Waals surface area contributed by atoms with Gasteiger partial charge in [-0.3, -0.25) is 14.9 Å². The Balaban J connectivity index is 1.43. The minimum absolute atomic E-state index is 0.141. The van der Waals surface area contributed by atoms with Gasteiger partial charge in [-0.05, 0) is 34.7 Å². The fourth-order valence-electron chi connectivity index (χ4n) is 3.66. The van der Waals surface area contributed by atoms with Gasteiger partial charge >= 0.3 is 0 Å². The van der Waals surface area contributed by atoms with Gasteiger partial charge in [0.05, 0.1) is 17.2 Å². The van der Waals surface area contributed by atoms with Crippen molar-refractivity contribution in [2.75, 3.05) is 56.7 Å². The van der Waals surface area contributed by atoms with Crippen molar-refractivity contribution < 1.29 is 14.5 Å². The predicted octanol–water partition coefficient (Wildman–Crippen LogP) is 1.59. The molecule has 3 aromatic rings. The molecule has 1 saturated heterocycles. The van der Waals surface area contributed by atoms with Crippen LogP contribution in [0.2, 0.25) is 0 Å². The predicted molar refractivity (Wildman–Crippen MR) is 121 cm³/mol. The van der Waals surface area contributed by atoms with Gasteiger partial charge in [0.25, 0.3) is 11.6 Å². The first-order valence-corrected chi connectivity index (χ1v) is 10.5. The Bertz CT molecular complexity index is 1110. The van der Waals surface area contributed by atoms with Gasteiger partial charge in [-0.1, -0.05) is 23.3 Å². The van der Waals surface area contributed by atoms with Gasteiger partial charge in [0.15, 0.2) is 0 Å². The van der Waals surface area contributed by atoms with E-state index >= 15 is 0 Å². The maximum Gasteiger partial charge on any atom is 0.293 e. The number of amides is 1. The second kappa shape index (κ2) is 10.0. The van der Waals surface area contributed by atoms with Crippen molar-refractivity contribution in [1.29, 1.82) is 0 Å². The second-order valence-corrected chi connectivity index (χ2v) is 7.41. The topological polar surface area (TPSA) is 132 Å². The van der Waals surface area contributed by atoms with Gasteiger partial charge in [0.2, 0.25) is 5.95 Å². The molecule has 1 aromatic heterocycles. The summed E-state index contributed by atoms with van der Waals surface area (Å²) in [7, 11) is 1.56. The Morgan fingerprint density at radius 2 is 1.91 bits per heavy atom. The first-order chi connectivity index (χ1) is 16.1. The van der Waals surface area contributed by atoms with E-state index in [4.69, 9.17) is 4.74 Å². The maximum absolute atomic E-state index is 13.0. The molecule has 2 heterocycles. The summed E-state index contributed by atoms with van der Waals surface area (Å²) in [5.41, 5.74) is 1.34. The maximum atomic E-state index is 13.0. The lowest BCUT2D eigenvalue weighted by Crippen LogP contribution is -2.49. The highest BCUT2D eigenvalue weighted by Crippen LogP contribution is 2.26. The Morgan fingerprint density at radius 1 is 1.15 bits per heavy atom. The normalized spacial score (nSPS) is 13.7. The third-order valence-corrected chi connectivity index (χ3v) is 5.37. The van der Waals surface area contributed by atoms with Crippen LogP contribution >= 0.6 is 0 Å². The molecular formula is C21H24N8O4. The molecule has 0 bridgehead atoms. The van der Waals surface area contributed by atoms with E-state index in [-0.39, 0.29) is 17.2 Å². The van der Waals surface area contributed by atoms with Gasteiger partial charge in [0.1, 0.15) is 5.69 Å². The average Bonchev–Trinajstić information content (AvgIpc) is 3.34. The minimum Gasteiger partial charge on any atom is -0.383 e. The van der Waals surface area contributed by atoms with Crippen molar-refractivity contribution in [2.45, 2.75) is 0 Å². The van der Waals surface area contributed by atoms with Gasteiger partial charge in [0, 0.05) is 51.5 Å². The van der Waals surface area contributed by atoms with Crippen molar-refractivity contribution in [3.05, 3.63) is 64.2 Å². The number of ether oxygens (including phenoxy) is 1. The van der Waals surface area contributed by atoms with Crippen LogP contribution in [0.3, 0.4) is 0 Å². The molecule has 172 valence electrons. The summed E-state index contributed by atoms with van der Waals surface area (Å²) < 4.78 is 6.63. The van der Waals surface area contributed by atoms with E-state index in [1.807, 2.05) is 35.2 Å². The summed E-state index contributed by atoms with van der Waals surface area (Å²) in [6.07, 6.45) is 0. The molecule has 2 aromatic carbocycles. The summed E-state index contributed by atoms with van der Waals surface area (Å²) >= 11 is 0. The van der Waals surface area contributed by atoms with Gasteiger partial charge in [-0.15, -0.1) is 0 Å². The molecule has 0 saturated carbocycles. The molecule has 0 aliphatic carbocycles. The number of benzene rings is 2. The SMILES string of the molecule is COCCNc1ccc(C(=O)N2CCN(c3nnnn3-c3ccccc3)CC2)cc1[N+](=O)[O-]. The number of tetrazole rings is 1. The fraction of sp³-hybridized carbons (Fsp3) is 0.333. The number of piperazine rings is 1. The van der Waals surface area contributed by atoms with Crippen LogP contribution in [0.25, 0.3) is 5.69 Å². The van der Waals surface area contributed by atoms with E-state index in [1.165, 1.54) is 6.07 Å². The molecule has 0 atom stereocenters. The van der Waals surface area contributed by atoms with Crippen molar-refractivity contribution in [2.24, 2.45) is 0 Å². The second-order valence-electron chi connectivity index (χ2n) is 7.41. The van der Waals surface area contributed by atoms with Gasteiger partial charge in [-0.2, -0.15) is 4.68 Å². The molecule has 1 aliphatic rings. The monoisotopic (exact) mass is 452 g/mol. The van der Waals surface area contributed by atoms with Crippen LogP contribution < -0.4 is 10.2 Å². The highest BCUT2D eigenvalue weighted by Gasteiger charge is 2.27. The summed E-state index contributed by atoms with van der Waals surface area (Å²) in [6.45, 7) is 2.81. The Hall–Kier alpha value is -4.06. The third-order valence-electron chi connectivity index (χ3n) is 5.37. The standard InChI is InChI=1S/C21H24N8O4/c1-33-14-9-22-18-8-7-16(15-19(18)29(31)32)20(30)26-10-12-27(13-11-26)21-23-24-25-28(21)17-5-3-2-4-6-17/h2-8,15,22H,9-14H2,1H3. The van der Waals surface area contributed by atoms with E-state index in [9.17, 15) is 14.9 Å². The summed E-state index contributed by atoms with van der Waals surface area (Å²) in [5.74, 6) is 0.360. The molecule has 12 nitrogen and oxygen atoms in total. The molecule has 4 rings (SSSR count). The van der Waals surface area contributed by atoms with Crippen LogP contribution in [0.4, 0.5) is 17.3 Å². The highest BCUT2D eigenvalue weighted by atomic mass is 16.6. The lowest BCUT2D eigenvalue weighted by Gasteiger charge is -2.34. The largest absolute Gasteiger partial charge is 0.383 e. The number of carbonyl (C=O) groups excluding carboxylic acids is 1. The molecule has 0 spiro atoms. The summed E-state index contributed by atoms with van der Waals surface area (Å²) in [5, 5.41) is 26.5. The van der Waals surface area contributed by atoms with E-state index in [0.717, 1.165) is 5.69 Å². The van der Waals surface area contributed by atoms with E-state index in [0.29, 0.717) is 51.0 Å². The first kappa shape index (κ1) is 22.1. The van der Waals surface area contributed by atoms with Crippen LogP contribution in [0.1, 0.15) is 10.4 Å². The molecule has 33 heavy (non-hydrogen) atoms. The van der Waals surface area contributed by atoms with E-state index < -0.39 is 4.92 Å². The summed E-state index contributed by atoms with van der Waals surface area (Å²) in [4.78, 5) is 27.7. The smallest absolute Gasteiger partial charge is 0.293 e. The van der Waals surface area contributed by atoms with E-state index in [1.54, 1.807) is 28.8 Å². The fourth-order valence-corrected chi connectivity index (χ4v) is 3.66. The third kappa shape index (κ3) is 4.90. The number of nitro groups is 1. The number of hydrogen-bond donors (Lipinski definition) is 1.